The van der Waals surface area contributed by atoms with Crippen LogP contribution in [0.4, 0.5) is 0 Å². The summed E-state index contributed by atoms with van der Waals surface area (Å²) in [5, 5.41) is 10.00. The van der Waals surface area contributed by atoms with Gasteiger partial charge in [-0.05, 0) is 42.5 Å². The molecule has 1 unspecified atom stereocenters. The van der Waals surface area contributed by atoms with Gasteiger partial charge in [0.1, 0.15) is 5.75 Å². The Morgan fingerprint density at radius 3 is 2.43 bits per heavy atom. The molecule has 2 heteroatoms. The lowest BCUT2D eigenvalue weighted by atomic mass is 10.0. The highest BCUT2D eigenvalue weighted by Crippen LogP contribution is 2.13. The van der Waals surface area contributed by atoms with Crippen LogP contribution >= 0.6 is 0 Å². The van der Waals surface area contributed by atoms with Crippen LogP contribution in [0.5, 0.6) is 5.75 Å². The molecule has 110 valence electrons. The number of aliphatic hydroxyl groups is 1. The summed E-state index contributed by atoms with van der Waals surface area (Å²) in [6, 6.07) is 18.2. The number of hydrogen-bond acceptors (Lipinski definition) is 2. The molecule has 0 bridgehead atoms. The van der Waals surface area contributed by atoms with Crippen molar-refractivity contribution >= 4 is 6.08 Å². The number of benzene rings is 2. The van der Waals surface area contributed by atoms with E-state index >= 15 is 0 Å². The maximum atomic E-state index is 10.00. The molecule has 0 heterocycles. The Labute approximate surface area is 126 Å². The van der Waals surface area contributed by atoms with E-state index in [2.05, 4.69) is 12.1 Å². The van der Waals surface area contributed by atoms with Gasteiger partial charge in [0.15, 0.2) is 0 Å². The van der Waals surface area contributed by atoms with Gasteiger partial charge < -0.3 is 9.84 Å². The summed E-state index contributed by atoms with van der Waals surface area (Å²) < 4.78 is 5.12. The molecular weight excluding hydrogens is 260 g/mol. The highest BCUT2D eigenvalue weighted by atomic mass is 16.5. The summed E-state index contributed by atoms with van der Waals surface area (Å²) in [4.78, 5) is 0. The van der Waals surface area contributed by atoms with Gasteiger partial charge in [-0.3, -0.25) is 0 Å². The molecule has 0 saturated heterocycles. The van der Waals surface area contributed by atoms with Crippen LogP contribution in [-0.4, -0.2) is 18.3 Å². The first-order valence-electron chi connectivity index (χ1n) is 7.30. The second-order valence-corrected chi connectivity index (χ2v) is 5.09. The maximum Gasteiger partial charge on any atom is 0.118 e. The molecule has 0 spiro atoms. The van der Waals surface area contributed by atoms with E-state index in [-0.39, 0.29) is 6.10 Å². The maximum absolute atomic E-state index is 10.00. The van der Waals surface area contributed by atoms with Crippen LogP contribution in [0.25, 0.3) is 6.08 Å². The fraction of sp³-hybridized carbons (Fsp3) is 0.263. The third kappa shape index (κ3) is 5.44. The molecule has 2 aromatic rings. The molecule has 1 N–H and O–H groups in total. The fourth-order valence-electron chi connectivity index (χ4n) is 2.17. The summed E-state index contributed by atoms with van der Waals surface area (Å²) in [7, 11) is 1.66. The Hall–Kier alpha value is -2.06. The highest BCUT2D eigenvalue weighted by Gasteiger charge is 2.02. The van der Waals surface area contributed by atoms with Crippen molar-refractivity contribution in [3.05, 3.63) is 71.8 Å². The number of hydrogen-bond donors (Lipinski definition) is 1. The molecule has 2 rings (SSSR count). The number of aliphatic hydroxyl groups excluding tert-OH is 1. The van der Waals surface area contributed by atoms with E-state index < -0.39 is 0 Å². The van der Waals surface area contributed by atoms with Gasteiger partial charge in [0, 0.05) is 0 Å². The molecule has 2 aromatic carbocycles. The molecular formula is C19H22O2. The zero-order chi connectivity index (χ0) is 14.9. The van der Waals surface area contributed by atoms with Crippen LogP contribution in [0.15, 0.2) is 60.7 Å². The average molecular weight is 282 g/mol. The van der Waals surface area contributed by atoms with Gasteiger partial charge in [0.25, 0.3) is 0 Å². The summed E-state index contributed by atoms with van der Waals surface area (Å²) in [5.41, 5.74) is 2.39. The summed E-state index contributed by atoms with van der Waals surface area (Å²) in [6.07, 6.45) is 6.15. The molecule has 0 aliphatic carbocycles. The monoisotopic (exact) mass is 282 g/mol. The van der Waals surface area contributed by atoms with Crippen molar-refractivity contribution in [1.82, 2.24) is 0 Å². The van der Waals surface area contributed by atoms with Gasteiger partial charge in [0.05, 0.1) is 13.2 Å². The van der Waals surface area contributed by atoms with E-state index in [4.69, 9.17) is 4.74 Å². The van der Waals surface area contributed by atoms with Crippen molar-refractivity contribution in [2.45, 2.75) is 25.4 Å². The van der Waals surface area contributed by atoms with Crippen molar-refractivity contribution in [1.29, 1.82) is 0 Å². The lowest BCUT2D eigenvalue weighted by molar-refractivity contribution is 0.168. The topological polar surface area (TPSA) is 29.5 Å². The average Bonchev–Trinajstić information content (AvgIpc) is 2.54. The second-order valence-electron chi connectivity index (χ2n) is 5.09. The van der Waals surface area contributed by atoms with Crippen LogP contribution in [-0.2, 0) is 6.42 Å². The van der Waals surface area contributed by atoms with E-state index in [1.807, 2.05) is 54.6 Å². The smallest absolute Gasteiger partial charge is 0.118 e. The van der Waals surface area contributed by atoms with E-state index in [0.717, 1.165) is 24.2 Å². The van der Waals surface area contributed by atoms with Gasteiger partial charge in [-0.15, -0.1) is 0 Å². The van der Waals surface area contributed by atoms with E-state index in [1.165, 1.54) is 5.56 Å². The Bertz CT molecular complexity index is 544. The van der Waals surface area contributed by atoms with Crippen molar-refractivity contribution in [2.24, 2.45) is 0 Å². The first-order chi connectivity index (χ1) is 10.3. The third-order valence-electron chi connectivity index (χ3n) is 3.44. The van der Waals surface area contributed by atoms with Crippen molar-refractivity contribution in [3.63, 3.8) is 0 Å². The molecule has 0 fully saturated rings. The fourth-order valence-corrected chi connectivity index (χ4v) is 2.17. The molecule has 21 heavy (non-hydrogen) atoms. The SMILES string of the molecule is COc1ccc(/C=C/CC(O)CCc2ccccc2)cc1. The molecule has 0 amide bonds. The molecule has 2 nitrogen and oxygen atoms in total. The zero-order valence-electron chi connectivity index (χ0n) is 12.4. The van der Waals surface area contributed by atoms with Gasteiger partial charge in [-0.2, -0.15) is 0 Å². The highest BCUT2D eigenvalue weighted by molar-refractivity contribution is 5.50. The molecule has 0 saturated carbocycles. The normalized spacial score (nSPS) is 12.5. The van der Waals surface area contributed by atoms with Gasteiger partial charge in [0.2, 0.25) is 0 Å². The lowest BCUT2D eigenvalue weighted by Crippen LogP contribution is -2.06. The minimum Gasteiger partial charge on any atom is -0.497 e. The minimum atomic E-state index is -0.292. The Morgan fingerprint density at radius 2 is 1.76 bits per heavy atom. The molecule has 0 radical (unpaired) electrons. The second kappa shape index (κ2) is 8.28. The van der Waals surface area contributed by atoms with Crippen LogP contribution in [0.2, 0.25) is 0 Å². The Morgan fingerprint density at radius 1 is 1.05 bits per heavy atom. The van der Waals surface area contributed by atoms with Crippen LogP contribution in [0.1, 0.15) is 24.0 Å². The molecule has 0 aliphatic rings. The van der Waals surface area contributed by atoms with Crippen molar-refractivity contribution < 1.29 is 9.84 Å². The van der Waals surface area contributed by atoms with Gasteiger partial charge >= 0.3 is 0 Å². The van der Waals surface area contributed by atoms with Crippen LogP contribution in [0, 0.1) is 0 Å². The molecule has 0 aliphatic heterocycles. The predicted molar refractivity (Wildman–Crippen MR) is 87.4 cm³/mol. The van der Waals surface area contributed by atoms with E-state index in [0.29, 0.717) is 6.42 Å². The largest absolute Gasteiger partial charge is 0.497 e. The third-order valence-corrected chi connectivity index (χ3v) is 3.44. The van der Waals surface area contributed by atoms with Gasteiger partial charge in [-0.25, -0.2) is 0 Å². The zero-order valence-corrected chi connectivity index (χ0v) is 12.4. The van der Waals surface area contributed by atoms with Crippen molar-refractivity contribution in [3.8, 4) is 5.75 Å². The number of aryl methyl sites for hydroxylation is 1. The summed E-state index contributed by atoms with van der Waals surface area (Å²) in [6.45, 7) is 0. The summed E-state index contributed by atoms with van der Waals surface area (Å²) >= 11 is 0. The number of methoxy groups -OCH3 is 1. The number of ether oxygens (including phenoxy) is 1. The van der Waals surface area contributed by atoms with Crippen LogP contribution < -0.4 is 4.74 Å². The number of rotatable bonds is 7. The summed E-state index contributed by atoms with van der Waals surface area (Å²) in [5.74, 6) is 0.857. The van der Waals surface area contributed by atoms with E-state index in [1.54, 1.807) is 7.11 Å². The quantitative estimate of drug-likeness (QED) is 0.828. The standard InChI is InChI=1S/C19H22O2/c1-21-19-14-11-17(12-15-19)8-5-9-18(20)13-10-16-6-3-2-4-7-16/h2-8,11-12,14-15,18,20H,9-10,13H2,1H3/b8-5+. The Kier molecular flexibility index (Phi) is 6.04. The van der Waals surface area contributed by atoms with Crippen molar-refractivity contribution in [2.75, 3.05) is 7.11 Å². The molecule has 1 atom stereocenters. The van der Waals surface area contributed by atoms with Gasteiger partial charge in [-0.1, -0.05) is 54.6 Å². The van der Waals surface area contributed by atoms with E-state index in [9.17, 15) is 5.11 Å². The first kappa shape index (κ1) is 15.3. The minimum absolute atomic E-state index is 0.292. The molecule has 0 aromatic heterocycles. The Balaban J connectivity index is 1.75. The lowest BCUT2D eigenvalue weighted by Gasteiger charge is -2.07. The first-order valence-corrected chi connectivity index (χ1v) is 7.30. The van der Waals surface area contributed by atoms with Crippen LogP contribution in [0.3, 0.4) is 0 Å². The predicted octanol–water partition coefficient (Wildman–Crippen LogP) is 4.09.